The molecule has 141 heavy (non-hydrogen) atoms. The van der Waals surface area contributed by atoms with Gasteiger partial charge >= 0.3 is 29.6 Å². The molecule has 16 heterocycles. The van der Waals surface area contributed by atoms with Crippen LogP contribution < -0.4 is 63.4 Å². The minimum absolute atomic E-state index is 0. The molecule has 30 atom stereocenters. The summed E-state index contributed by atoms with van der Waals surface area (Å²) in [6, 6.07) is 15.3. The molecule has 7 N–H and O–H groups in total. The molecule has 16 saturated heterocycles. The van der Waals surface area contributed by atoms with Gasteiger partial charge in [-0.05, 0) is 166 Å². The summed E-state index contributed by atoms with van der Waals surface area (Å²) in [5, 5.41) is 69.3. The minimum Gasteiger partial charge on any atom is -0.394 e. The Morgan fingerprint density at radius 2 is 0.730 bits per heavy atom. The Balaban J connectivity index is 0.000000244. The Labute approximate surface area is 867 Å². The molecule has 48 heteroatoms. The molecule has 0 aliphatic carbocycles. The molecule has 818 valence electrons. The van der Waals surface area contributed by atoms with E-state index in [2.05, 4.69) is 56.3 Å². The van der Waals surface area contributed by atoms with Crippen LogP contribution in [-0.2, 0) is 158 Å². The van der Waals surface area contributed by atoms with Gasteiger partial charge in [0.15, 0.2) is 102 Å². The zero-order chi connectivity index (χ0) is 105. The third kappa shape index (κ3) is 32.9. The Bertz CT molecular complexity index is 3880. The van der Waals surface area contributed by atoms with E-state index in [4.69, 9.17) is 195 Å². The average molecular weight is 2210 g/mol. The molecule has 4 unspecified atom stereocenters. The summed E-state index contributed by atoms with van der Waals surface area (Å²) in [5.74, 6) is -5.18. The number of aliphatic hydroxyl groups is 7. The summed E-state index contributed by atoms with van der Waals surface area (Å²) in [6.45, 7) is 41.0. The second-order valence-corrected chi connectivity index (χ2v) is 42.5. The van der Waals surface area contributed by atoms with Crippen molar-refractivity contribution in [3.05, 3.63) is 48.0 Å². The first-order valence-corrected chi connectivity index (χ1v) is 50.7. The third-order valence-corrected chi connectivity index (χ3v) is 24.7. The van der Waals surface area contributed by atoms with Gasteiger partial charge in [-0.15, -0.1) is 23.2 Å². The number of hydrogen-bond acceptors (Lipinski definition) is 43. The maximum absolute atomic E-state index is 10.3. The predicted molar refractivity (Wildman–Crippen MR) is 480 cm³/mol. The van der Waals surface area contributed by atoms with Gasteiger partial charge in [-0.25, -0.2) is 0 Å². The van der Waals surface area contributed by atoms with Crippen LogP contribution in [0.3, 0.4) is 0 Å². The van der Waals surface area contributed by atoms with Crippen LogP contribution in [0.4, 0.5) is 4.39 Å². The second kappa shape index (κ2) is 53.4. The summed E-state index contributed by atoms with van der Waals surface area (Å²) >= 11 is 3.59. The van der Waals surface area contributed by atoms with Crippen molar-refractivity contribution in [2.24, 2.45) is 5.92 Å². The standard InChI is InChI=1S/C14H16.C13H22O6.C12H20O6.2C11H20O5.2C10H18O6.C9H16O5.CH2Cl2.CH3F.CH4.IO4.Na/c1-11(2)9-12-7-8-13-5-3-4-6-14(13)10-12;1-12(2)15-6-7(17-12)8-9(14-5)10-11(16-8)19-13(3,4)18-10;1-11(2)14-5-6(16-11)8-7(13)9-10(15-8)18-12(3,4)17-9;2*1-5-11(6-12)8(13-4)7-9(16-11)15-10(2,3)14-7;1-9(2)14-6-7(13-3)10(4-11,5-12)16-8(6)15-9;1-10(2)15-8-7(13-3)6(5(12)4-11)14-9(8)16-10;1-9(2)13-6-5(10-3)7(11-4)12-8(6)14-9;2-1-3;1-2;;2-1(3,4)5;/h3-8,10-11H,9H2,1-2H3;7-11H,6H2,1-5H3;6-10,13H,5H2,1-4H3;2*7-9,12H,5-6H2,1-4H3;6-8,11-12H,4-5H2,1-3H3;5-9,11-12H,4H2,1-3H3;5-8H,1-4H3;1H2;1H3;1H4;;/q;;;;;;;;;;;-1;+1/t;7?,8-,9-,10-,11-;6?,7-,8-,9-,10-;7-,8+,9+,11+;7-,8+,9+,11-;6-,7+,8+;5?,6-,7-,8-,9-;5-,6+,7?,8+;;;;;/m.1111110...../s1/i;;;;;;;;;1D;;;. The molecule has 0 radical (unpaired) electrons. The molecule has 0 bridgehead atoms. The molecular formula is C93H159Cl2FINaO43. The summed E-state index contributed by atoms with van der Waals surface area (Å²) in [4.78, 5) is 0. The maximum Gasteiger partial charge on any atom is 1.00 e. The smallest absolute Gasteiger partial charge is 0.394 e. The van der Waals surface area contributed by atoms with Gasteiger partial charge in [0, 0.05) is 49.8 Å². The number of rotatable bonds is 19. The molecule has 2 aromatic carbocycles. The zero-order valence-corrected chi connectivity index (χ0v) is 91.8. The van der Waals surface area contributed by atoms with Gasteiger partial charge in [0.1, 0.15) is 159 Å². The monoisotopic (exact) mass is 2200 g/mol. The van der Waals surface area contributed by atoms with Crippen LogP contribution in [0.25, 0.3) is 10.8 Å². The van der Waals surface area contributed by atoms with Gasteiger partial charge in [-0.3, -0.25) is 18.1 Å². The fourth-order valence-corrected chi connectivity index (χ4v) is 18.9. The molecule has 16 fully saturated rings. The van der Waals surface area contributed by atoms with Crippen LogP contribution >= 0.6 is 23.2 Å². The summed E-state index contributed by atoms with van der Waals surface area (Å²) in [6.07, 6.45) is -9.14. The van der Waals surface area contributed by atoms with Crippen molar-refractivity contribution in [1.82, 2.24) is 0 Å². The molecule has 18 rings (SSSR count). The first-order valence-electron chi connectivity index (χ1n) is 46.8. The second-order valence-electron chi connectivity index (χ2n) is 39.5. The van der Waals surface area contributed by atoms with E-state index < -0.39 is 189 Å². The average Bonchev–Trinajstić information content (AvgIpc) is 1.59. The van der Waals surface area contributed by atoms with E-state index in [0.717, 1.165) is 5.92 Å². The van der Waals surface area contributed by atoms with Crippen LogP contribution in [0.15, 0.2) is 42.5 Å². The number of halogens is 4. The number of ether oxygens (including phenoxy) is 32. The van der Waals surface area contributed by atoms with Gasteiger partial charge in [-0.1, -0.05) is 77.6 Å². The van der Waals surface area contributed by atoms with Gasteiger partial charge in [0.05, 0.1) is 60.1 Å². The van der Waals surface area contributed by atoms with Crippen LogP contribution in [-0.4, -0.2) is 386 Å². The number of alkyl halides is 3. The fraction of sp³-hybridized carbons (Fsp3) is 0.892. The Hall–Kier alpha value is -0.780. The van der Waals surface area contributed by atoms with Crippen LogP contribution in [0.5, 0.6) is 0 Å². The Kier molecular flexibility index (Phi) is 48.1. The number of methoxy groups -OCH3 is 7. The number of aliphatic hydroxyl groups excluding tert-OH is 7. The normalized spacial score (nSPS) is 38.9. The zero-order valence-electron chi connectivity index (χ0n) is 87.1. The van der Waals surface area contributed by atoms with Crippen molar-refractivity contribution in [1.29, 1.82) is 0 Å². The first-order chi connectivity index (χ1) is 65.2. The summed E-state index contributed by atoms with van der Waals surface area (Å²) in [5.41, 5.74) is -1.12. The molecule has 2 aromatic rings. The van der Waals surface area contributed by atoms with E-state index in [1.165, 1.54) is 37.0 Å². The molecule has 0 amide bonds. The van der Waals surface area contributed by atoms with E-state index in [1.54, 1.807) is 77.1 Å². The quantitative estimate of drug-likeness (QED) is 0.0437. The fourth-order valence-electron chi connectivity index (χ4n) is 18.9. The maximum atomic E-state index is 10.3. The van der Waals surface area contributed by atoms with Gasteiger partial charge < -0.3 is 187 Å². The van der Waals surface area contributed by atoms with E-state index in [9.17, 15) is 35.0 Å². The van der Waals surface area contributed by atoms with Crippen molar-refractivity contribution in [3.63, 3.8) is 0 Å². The number of fused-ring (bicyclic) bond motifs is 8. The topological polar surface area (TPSA) is 529 Å². The molecule has 0 spiro atoms. The van der Waals surface area contributed by atoms with Crippen LogP contribution in [0.1, 0.15) is 180 Å². The summed E-state index contributed by atoms with van der Waals surface area (Å²) < 4.78 is 229. The predicted octanol–water partition coefficient (Wildman–Crippen LogP) is -2.42. The first kappa shape index (κ1) is 127. The van der Waals surface area contributed by atoms with E-state index in [0.29, 0.717) is 26.1 Å². The van der Waals surface area contributed by atoms with Crippen molar-refractivity contribution in [2.45, 2.75) is 420 Å². The van der Waals surface area contributed by atoms with E-state index >= 15 is 0 Å². The molecule has 43 nitrogen and oxygen atoms in total. The SMILES string of the molecule is C.CC(C)Cc1ccc2ccccc2c1.CC1(C)OCC([C@H]2O[C@@H]3OC(C)(C)O[C@@H]3[C@@H]2O)O1.CC[C@@]1(CO)O[C@@H]2OC(C)(C)O[C@@H]2[C@@H]1OC.CC[C@]1(CO)O[C@@H]2OC(C)(C)O[C@@H]2[C@@H]1OC.COC1O[C@@H]2OC(C)(C)O[C@@H]2[C@@H]1OC.CO[C@H]1[C@H]2OC(C)(C)O[C@H]2OC1(CO)CO.CO[C@H]1[C@H]2OC(C)(C)O[C@H]2O[C@@H]1C(O)CO.CO[C@H]1[C@H]2OC(C)(C)O[C@H]2O[C@@H]1C1COC(C)(C)O1.ClCCl.[2H]CF.[Na+].[O-][I+3]([O-])([O-])[O-]. The summed E-state index contributed by atoms with van der Waals surface area (Å²) in [7, 11) is 10.0. The van der Waals surface area contributed by atoms with Gasteiger partial charge in [0.25, 0.3) is 0 Å². The minimum atomic E-state index is -5.94. The molecule has 16 aliphatic rings. The molecule has 16 aliphatic heterocycles. The Morgan fingerprint density at radius 1 is 0.411 bits per heavy atom. The number of hydrogen-bond donors (Lipinski definition) is 7. The van der Waals surface area contributed by atoms with Crippen molar-refractivity contribution in [2.75, 3.05) is 109 Å². The van der Waals surface area contributed by atoms with Crippen molar-refractivity contribution in [3.8, 4) is 0 Å². The largest absolute Gasteiger partial charge is 1.00 e. The Morgan fingerprint density at radius 3 is 1.07 bits per heavy atom. The van der Waals surface area contributed by atoms with Crippen LogP contribution in [0, 0.1) is 5.92 Å². The molecular weight excluding hydrogens is 2040 g/mol. The van der Waals surface area contributed by atoms with E-state index in [1.807, 2.05) is 96.9 Å². The van der Waals surface area contributed by atoms with Crippen LogP contribution in [0.2, 0.25) is 0 Å². The van der Waals surface area contributed by atoms with Gasteiger partial charge in [0.2, 0.25) is 0 Å². The number of benzene rings is 2. The van der Waals surface area contributed by atoms with Crippen molar-refractivity contribution >= 4 is 34.0 Å². The van der Waals surface area contributed by atoms with Gasteiger partial charge in [-0.2, -0.15) is 0 Å². The molecule has 0 saturated carbocycles. The van der Waals surface area contributed by atoms with Crippen molar-refractivity contribution < 1.29 is 256 Å². The van der Waals surface area contributed by atoms with E-state index in [-0.39, 0.29) is 155 Å². The molecule has 0 aromatic heterocycles. The third-order valence-electron chi connectivity index (χ3n) is 24.7.